The van der Waals surface area contributed by atoms with Crippen LogP contribution in [0.3, 0.4) is 0 Å². The topological polar surface area (TPSA) is 12.4 Å². The molecule has 0 aliphatic heterocycles. The molecule has 0 aliphatic rings. The minimum atomic E-state index is 0.959. The third kappa shape index (κ3) is 4.03. The minimum Gasteiger partial charge on any atom is -0.256 e. The van der Waals surface area contributed by atoms with E-state index in [2.05, 4.69) is 41.4 Å². The molecule has 22 heavy (non-hydrogen) atoms. The van der Waals surface area contributed by atoms with Crippen LogP contribution in [0.4, 0.5) is 5.69 Å². The Morgan fingerprint density at radius 1 is 0.500 bits per heavy atom. The monoisotopic (exact) mass is 283 g/mol. The van der Waals surface area contributed by atoms with Gasteiger partial charge in [0, 0.05) is 6.21 Å². The van der Waals surface area contributed by atoms with Crippen molar-refractivity contribution in [3.63, 3.8) is 0 Å². The molecule has 0 atom stereocenters. The van der Waals surface area contributed by atoms with Crippen LogP contribution in [-0.4, -0.2) is 6.21 Å². The summed E-state index contributed by atoms with van der Waals surface area (Å²) >= 11 is 0. The van der Waals surface area contributed by atoms with Gasteiger partial charge in [0.2, 0.25) is 0 Å². The standard InChI is InChI=1S/C21H17N/c1-3-7-18(8-4-1)11-12-19-13-15-21(16-14-19)22-17-20-9-5-2-6-10-20/h1-17H/b12-11+,22-17?. The second-order valence-corrected chi connectivity index (χ2v) is 5.00. The first-order chi connectivity index (χ1) is 10.9. The van der Waals surface area contributed by atoms with Crippen LogP contribution < -0.4 is 0 Å². The fourth-order valence-electron chi connectivity index (χ4n) is 2.12. The Morgan fingerprint density at radius 2 is 1.00 bits per heavy atom. The Hall–Kier alpha value is -2.93. The fraction of sp³-hybridized carbons (Fsp3) is 0. The van der Waals surface area contributed by atoms with Gasteiger partial charge < -0.3 is 0 Å². The molecule has 0 N–H and O–H groups in total. The van der Waals surface area contributed by atoms with Crippen LogP contribution in [0.2, 0.25) is 0 Å². The van der Waals surface area contributed by atoms with E-state index in [0.29, 0.717) is 0 Å². The van der Waals surface area contributed by atoms with Crippen molar-refractivity contribution in [3.05, 3.63) is 102 Å². The molecule has 0 saturated carbocycles. The smallest absolute Gasteiger partial charge is 0.0630 e. The maximum Gasteiger partial charge on any atom is 0.0630 e. The van der Waals surface area contributed by atoms with Crippen molar-refractivity contribution in [2.75, 3.05) is 0 Å². The fourth-order valence-corrected chi connectivity index (χ4v) is 2.12. The van der Waals surface area contributed by atoms with Gasteiger partial charge in [-0.25, -0.2) is 0 Å². The Morgan fingerprint density at radius 3 is 1.59 bits per heavy atom. The van der Waals surface area contributed by atoms with Crippen LogP contribution >= 0.6 is 0 Å². The second kappa shape index (κ2) is 7.19. The molecule has 106 valence electrons. The van der Waals surface area contributed by atoms with Gasteiger partial charge in [-0.3, -0.25) is 4.99 Å². The largest absolute Gasteiger partial charge is 0.256 e. The van der Waals surface area contributed by atoms with Gasteiger partial charge in [0.25, 0.3) is 0 Å². The summed E-state index contributed by atoms with van der Waals surface area (Å²) in [6, 6.07) is 28.6. The third-order valence-electron chi connectivity index (χ3n) is 3.32. The zero-order valence-corrected chi connectivity index (χ0v) is 12.3. The molecular formula is C21H17N. The number of hydrogen-bond donors (Lipinski definition) is 0. The van der Waals surface area contributed by atoms with E-state index < -0.39 is 0 Å². The van der Waals surface area contributed by atoms with Crippen molar-refractivity contribution in [1.29, 1.82) is 0 Å². The molecule has 0 spiro atoms. The normalized spacial score (nSPS) is 11.3. The van der Waals surface area contributed by atoms with E-state index in [9.17, 15) is 0 Å². The first-order valence-corrected chi connectivity index (χ1v) is 7.32. The van der Waals surface area contributed by atoms with E-state index in [1.54, 1.807) is 0 Å². The lowest BCUT2D eigenvalue weighted by atomic mass is 10.1. The summed E-state index contributed by atoms with van der Waals surface area (Å²) in [4.78, 5) is 4.49. The summed E-state index contributed by atoms with van der Waals surface area (Å²) < 4.78 is 0. The van der Waals surface area contributed by atoms with Crippen molar-refractivity contribution in [1.82, 2.24) is 0 Å². The predicted octanol–water partition coefficient (Wildman–Crippen LogP) is 5.61. The molecule has 0 aliphatic carbocycles. The molecule has 0 saturated heterocycles. The molecule has 3 aromatic carbocycles. The highest BCUT2D eigenvalue weighted by molar-refractivity contribution is 5.82. The summed E-state index contributed by atoms with van der Waals surface area (Å²) in [6.07, 6.45) is 6.11. The van der Waals surface area contributed by atoms with Crippen LogP contribution in [0.25, 0.3) is 12.2 Å². The van der Waals surface area contributed by atoms with Gasteiger partial charge in [-0.15, -0.1) is 0 Å². The lowest BCUT2D eigenvalue weighted by molar-refractivity contribution is 1.51. The summed E-state index contributed by atoms with van der Waals surface area (Å²) in [7, 11) is 0. The average molecular weight is 283 g/mol. The van der Waals surface area contributed by atoms with Gasteiger partial charge in [0.1, 0.15) is 0 Å². The SMILES string of the molecule is C(=Nc1ccc(/C=C/c2ccccc2)cc1)c1ccccc1. The highest BCUT2D eigenvalue weighted by atomic mass is 14.7. The summed E-state index contributed by atoms with van der Waals surface area (Å²) in [5, 5.41) is 0. The minimum absolute atomic E-state index is 0.959. The molecular weight excluding hydrogens is 266 g/mol. The molecule has 3 aromatic rings. The molecule has 3 rings (SSSR count). The molecule has 0 amide bonds. The van der Waals surface area contributed by atoms with E-state index in [0.717, 1.165) is 11.3 Å². The average Bonchev–Trinajstić information content (AvgIpc) is 2.61. The van der Waals surface area contributed by atoms with Crippen molar-refractivity contribution in [3.8, 4) is 0 Å². The summed E-state index contributed by atoms with van der Waals surface area (Å²) in [5.41, 5.74) is 4.44. The van der Waals surface area contributed by atoms with Gasteiger partial charge in [-0.1, -0.05) is 84.9 Å². The molecule has 1 nitrogen and oxygen atoms in total. The van der Waals surface area contributed by atoms with Crippen LogP contribution in [-0.2, 0) is 0 Å². The maximum atomic E-state index is 4.49. The second-order valence-electron chi connectivity index (χ2n) is 5.00. The zero-order chi connectivity index (χ0) is 15.0. The van der Waals surface area contributed by atoms with Crippen LogP contribution in [0.15, 0.2) is 89.9 Å². The number of rotatable bonds is 4. The Kier molecular flexibility index (Phi) is 4.58. The molecule has 0 heterocycles. The number of hydrogen-bond acceptors (Lipinski definition) is 1. The van der Waals surface area contributed by atoms with Crippen LogP contribution in [0, 0.1) is 0 Å². The quantitative estimate of drug-likeness (QED) is 0.436. The van der Waals surface area contributed by atoms with Gasteiger partial charge in [0.05, 0.1) is 5.69 Å². The van der Waals surface area contributed by atoms with Gasteiger partial charge in [-0.2, -0.15) is 0 Å². The predicted molar refractivity (Wildman–Crippen MR) is 95.5 cm³/mol. The third-order valence-corrected chi connectivity index (χ3v) is 3.32. The van der Waals surface area contributed by atoms with Gasteiger partial charge >= 0.3 is 0 Å². The van der Waals surface area contributed by atoms with E-state index in [4.69, 9.17) is 0 Å². The molecule has 0 bridgehead atoms. The highest BCUT2D eigenvalue weighted by Gasteiger charge is 1.91. The molecule has 0 unspecified atom stereocenters. The molecule has 0 aromatic heterocycles. The van der Waals surface area contributed by atoms with E-state index >= 15 is 0 Å². The molecule has 0 radical (unpaired) electrons. The van der Waals surface area contributed by atoms with Crippen LogP contribution in [0.1, 0.15) is 16.7 Å². The van der Waals surface area contributed by atoms with E-state index in [-0.39, 0.29) is 0 Å². The van der Waals surface area contributed by atoms with Crippen molar-refractivity contribution in [2.24, 2.45) is 4.99 Å². The number of nitrogens with zero attached hydrogens (tertiary/aromatic N) is 1. The van der Waals surface area contributed by atoms with Crippen molar-refractivity contribution < 1.29 is 0 Å². The number of aliphatic imine (C=N–C) groups is 1. The molecule has 0 fully saturated rings. The Balaban J connectivity index is 1.68. The maximum absolute atomic E-state index is 4.49. The first-order valence-electron chi connectivity index (χ1n) is 7.32. The number of benzene rings is 3. The van der Waals surface area contributed by atoms with E-state index in [1.165, 1.54) is 11.1 Å². The lowest BCUT2D eigenvalue weighted by Gasteiger charge is -1.97. The summed E-state index contributed by atoms with van der Waals surface area (Å²) in [5.74, 6) is 0. The lowest BCUT2D eigenvalue weighted by Crippen LogP contribution is -1.78. The van der Waals surface area contributed by atoms with Crippen molar-refractivity contribution >= 4 is 24.1 Å². The zero-order valence-electron chi connectivity index (χ0n) is 12.3. The highest BCUT2D eigenvalue weighted by Crippen LogP contribution is 2.15. The van der Waals surface area contributed by atoms with Crippen molar-refractivity contribution in [2.45, 2.75) is 0 Å². The Bertz CT molecular complexity index is 686. The Labute approximate surface area is 131 Å². The first kappa shape index (κ1) is 14.0. The van der Waals surface area contributed by atoms with Crippen LogP contribution in [0.5, 0.6) is 0 Å². The molecule has 1 heteroatoms. The van der Waals surface area contributed by atoms with Gasteiger partial charge in [-0.05, 0) is 28.8 Å². The summed E-state index contributed by atoms with van der Waals surface area (Å²) in [6.45, 7) is 0. The van der Waals surface area contributed by atoms with Gasteiger partial charge in [0.15, 0.2) is 0 Å². The van der Waals surface area contributed by atoms with E-state index in [1.807, 2.05) is 66.9 Å².